The third kappa shape index (κ3) is 5.65. The van der Waals surface area contributed by atoms with Gasteiger partial charge in [0, 0.05) is 23.5 Å². The number of nitro benzene ring substituents is 1. The van der Waals surface area contributed by atoms with Gasteiger partial charge in [-0.2, -0.15) is 0 Å². The normalized spacial score (nSPS) is 10.1. The van der Waals surface area contributed by atoms with Gasteiger partial charge >= 0.3 is 6.03 Å². The van der Waals surface area contributed by atoms with Crippen LogP contribution in [0.3, 0.4) is 0 Å². The van der Waals surface area contributed by atoms with Crippen molar-refractivity contribution in [3.8, 4) is 0 Å². The third-order valence-corrected chi connectivity index (χ3v) is 4.28. The second-order valence-corrected chi connectivity index (χ2v) is 6.42. The maximum Gasteiger partial charge on any atom is 0.328 e. The van der Waals surface area contributed by atoms with Crippen LogP contribution < -0.4 is 10.6 Å². The van der Waals surface area contributed by atoms with Gasteiger partial charge in [-0.15, -0.1) is 0 Å². The largest absolute Gasteiger partial charge is 0.376 e. The minimum atomic E-state index is -0.618. The average molecular weight is 404 g/mol. The number of anilines is 2. The van der Waals surface area contributed by atoms with E-state index in [-0.39, 0.29) is 18.8 Å². The van der Waals surface area contributed by atoms with E-state index in [4.69, 9.17) is 0 Å². The van der Waals surface area contributed by atoms with Crippen LogP contribution in [0.2, 0.25) is 0 Å². The van der Waals surface area contributed by atoms with Crippen LogP contribution in [0.1, 0.15) is 5.56 Å². The number of hydrogen-bond donors (Lipinski definition) is 2. The molecule has 3 rings (SSSR count). The number of imide groups is 1. The van der Waals surface area contributed by atoms with Crippen molar-refractivity contribution in [1.82, 2.24) is 4.90 Å². The summed E-state index contributed by atoms with van der Waals surface area (Å²) in [7, 11) is 0. The van der Waals surface area contributed by atoms with Crippen molar-refractivity contribution in [2.45, 2.75) is 6.54 Å². The zero-order valence-electron chi connectivity index (χ0n) is 16.0. The average Bonchev–Trinajstić information content (AvgIpc) is 2.77. The Balaban J connectivity index is 1.72. The van der Waals surface area contributed by atoms with E-state index in [1.807, 2.05) is 60.7 Å². The number of benzene rings is 3. The van der Waals surface area contributed by atoms with Gasteiger partial charge in [0.15, 0.2) is 0 Å². The first-order valence-electron chi connectivity index (χ1n) is 9.21. The number of non-ortho nitro benzene ring substituents is 1. The van der Waals surface area contributed by atoms with Crippen molar-refractivity contribution in [3.05, 3.63) is 101 Å². The van der Waals surface area contributed by atoms with E-state index in [1.165, 1.54) is 24.3 Å². The molecule has 8 heteroatoms. The Kier molecular flexibility index (Phi) is 6.73. The molecule has 3 aromatic carbocycles. The van der Waals surface area contributed by atoms with Gasteiger partial charge in [0.05, 0.1) is 18.0 Å². The van der Waals surface area contributed by atoms with Gasteiger partial charge in [-0.1, -0.05) is 48.5 Å². The summed E-state index contributed by atoms with van der Waals surface area (Å²) in [5, 5.41) is 16.4. The Morgan fingerprint density at radius 3 is 2.03 bits per heavy atom. The second kappa shape index (κ2) is 9.83. The predicted molar refractivity (Wildman–Crippen MR) is 114 cm³/mol. The summed E-state index contributed by atoms with van der Waals surface area (Å²) in [5.74, 6) is -0.415. The van der Waals surface area contributed by atoms with Crippen molar-refractivity contribution in [2.75, 3.05) is 17.2 Å². The first kappa shape index (κ1) is 20.5. The van der Waals surface area contributed by atoms with Gasteiger partial charge in [-0.3, -0.25) is 19.8 Å². The minimum absolute atomic E-state index is 0.0650. The SMILES string of the molecule is O=C(CNc1ccccc1)N(Cc1ccccc1)C(=O)Nc1ccc([N+](=O)[O-])cc1. The highest BCUT2D eigenvalue weighted by Gasteiger charge is 2.22. The predicted octanol–water partition coefficient (Wildman–Crippen LogP) is 4.27. The first-order valence-corrected chi connectivity index (χ1v) is 9.21. The zero-order valence-corrected chi connectivity index (χ0v) is 16.0. The quantitative estimate of drug-likeness (QED) is 0.452. The molecule has 0 heterocycles. The molecule has 3 amide bonds. The van der Waals surface area contributed by atoms with E-state index in [0.29, 0.717) is 5.69 Å². The topological polar surface area (TPSA) is 105 Å². The summed E-state index contributed by atoms with van der Waals surface area (Å²) < 4.78 is 0. The first-order chi connectivity index (χ1) is 14.5. The molecule has 2 N–H and O–H groups in total. The van der Waals surface area contributed by atoms with E-state index in [9.17, 15) is 19.7 Å². The lowest BCUT2D eigenvalue weighted by atomic mass is 10.2. The smallest absolute Gasteiger partial charge is 0.328 e. The van der Waals surface area contributed by atoms with Crippen LogP contribution in [0.5, 0.6) is 0 Å². The summed E-state index contributed by atoms with van der Waals surface area (Å²) in [6.45, 7) is 0.0273. The molecule has 0 aromatic heterocycles. The lowest BCUT2D eigenvalue weighted by Crippen LogP contribution is -2.42. The third-order valence-electron chi connectivity index (χ3n) is 4.28. The van der Waals surface area contributed by atoms with E-state index in [0.717, 1.165) is 16.2 Å². The molecule has 30 heavy (non-hydrogen) atoms. The van der Waals surface area contributed by atoms with Gasteiger partial charge in [-0.05, 0) is 29.8 Å². The number of carbonyl (C=O) groups is 2. The summed E-state index contributed by atoms with van der Waals surface area (Å²) in [4.78, 5) is 37.0. The van der Waals surface area contributed by atoms with Crippen LogP contribution >= 0.6 is 0 Å². The second-order valence-electron chi connectivity index (χ2n) is 6.42. The molecule has 0 aliphatic carbocycles. The van der Waals surface area contributed by atoms with E-state index >= 15 is 0 Å². The number of urea groups is 1. The lowest BCUT2D eigenvalue weighted by Gasteiger charge is -2.22. The van der Waals surface area contributed by atoms with Crippen LogP contribution in [0.4, 0.5) is 21.9 Å². The highest BCUT2D eigenvalue weighted by molar-refractivity contribution is 6.02. The van der Waals surface area contributed by atoms with Gasteiger partial charge in [0.2, 0.25) is 5.91 Å². The molecule has 0 bridgehead atoms. The van der Waals surface area contributed by atoms with Crippen LogP contribution in [-0.4, -0.2) is 28.3 Å². The molecule has 0 radical (unpaired) electrons. The zero-order chi connectivity index (χ0) is 21.3. The number of amides is 3. The summed E-state index contributed by atoms with van der Waals surface area (Å²) in [6, 6.07) is 23.2. The summed E-state index contributed by atoms with van der Waals surface area (Å²) in [5.41, 5.74) is 1.83. The molecule has 0 aliphatic rings. The molecule has 0 atom stereocenters. The van der Waals surface area contributed by atoms with Crippen LogP contribution in [-0.2, 0) is 11.3 Å². The maximum absolute atomic E-state index is 12.8. The van der Waals surface area contributed by atoms with E-state index in [1.54, 1.807) is 0 Å². The van der Waals surface area contributed by atoms with Crippen LogP contribution in [0.15, 0.2) is 84.9 Å². The van der Waals surface area contributed by atoms with Crippen LogP contribution in [0.25, 0.3) is 0 Å². The maximum atomic E-state index is 12.8. The van der Waals surface area contributed by atoms with Crippen molar-refractivity contribution in [3.63, 3.8) is 0 Å². The van der Waals surface area contributed by atoms with Crippen molar-refractivity contribution < 1.29 is 14.5 Å². The number of carbonyl (C=O) groups excluding carboxylic acids is 2. The van der Waals surface area contributed by atoms with Gasteiger partial charge < -0.3 is 10.6 Å². The number of nitrogens with zero attached hydrogens (tertiary/aromatic N) is 2. The fourth-order valence-corrected chi connectivity index (χ4v) is 2.73. The number of para-hydroxylation sites is 1. The fraction of sp³-hybridized carbons (Fsp3) is 0.0909. The summed E-state index contributed by atoms with van der Waals surface area (Å²) >= 11 is 0. The van der Waals surface area contributed by atoms with Crippen molar-refractivity contribution in [2.24, 2.45) is 0 Å². The fourth-order valence-electron chi connectivity index (χ4n) is 2.73. The lowest BCUT2D eigenvalue weighted by molar-refractivity contribution is -0.384. The number of rotatable bonds is 7. The number of hydrogen-bond acceptors (Lipinski definition) is 5. The number of nitrogens with one attached hydrogen (secondary N) is 2. The Bertz CT molecular complexity index is 1010. The molecule has 3 aromatic rings. The Morgan fingerprint density at radius 1 is 0.833 bits per heavy atom. The highest BCUT2D eigenvalue weighted by Crippen LogP contribution is 2.16. The molecular weight excluding hydrogens is 384 g/mol. The molecule has 152 valence electrons. The molecule has 0 aliphatic heterocycles. The molecular formula is C22H20N4O4. The minimum Gasteiger partial charge on any atom is -0.376 e. The van der Waals surface area contributed by atoms with E-state index in [2.05, 4.69) is 10.6 Å². The Hall–Kier alpha value is -4.20. The van der Waals surface area contributed by atoms with E-state index < -0.39 is 16.9 Å². The Morgan fingerprint density at radius 2 is 1.43 bits per heavy atom. The molecule has 0 saturated carbocycles. The molecule has 0 unspecified atom stereocenters. The van der Waals surface area contributed by atoms with Crippen LogP contribution in [0, 0.1) is 10.1 Å². The van der Waals surface area contributed by atoms with Crippen molar-refractivity contribution in [1.29, 1.82) is 0 Å². The Labute approximate surface area is 173 Å². The summed E-state index contributed by atoms with van der Waals surface area (Å²) in [6.07, 6.45) is 0. The standard InChI is InChI=1S/C22H20N4O4/c27-21(15-23-18-9-5-2-6-10-18)25(16-17-7-3-1-4-8-17)22(28)24-19-11-13-20(14-12-19)26(29)30/h1-14,23H,15-16H2,(H,24,28). The molecule has 0 fully saturated rings. The number of nitro groups is 1. The monoisotopic (exact) mass is 404 g/mol. The van der Waals surface area contributed by atoms with Gasteiger partial charge in [-0.25, -0.2) is 4.79 Å². The van der Waals surface area contributed by atoms with Gasteiger partial charge in [0.25, 0.3) is 5.69 Å². The molecule has 0 spiro atoms. The van der Waals surface area contributed by atoms with Gasteiger partial charge in [0.1, 0.15) is 0 Å². The van der Waals surface area contributed by atoms with Crippen molar-refractivity contribution >= 4 is 29.0 Å². The molecule has 0 saturated heterocycles. The highest BCUT2D eigenvalue weighted by atomic mass is 16.6. The molecule has 8 nitrogen and oxygen atoms in total.